The number of rotatable bonds is 8. The first-order valence-corrected chi connectivity index (χ1v) is 12.7. The molecule has 3 N–H and O–H groups in total. The van der Waals surface area contributed by atoms with Gasteiger partial charge in [0.2, 0.25) is 0 Å². The summed E-state index contributed by atoms with van der Waals surface area (Å²) in [6.07, 6.45) is 2.79. The third kappa shape index (κ3) is 5.01. The quantitative estimate of drug-likeness (QED) is 0.402. The average Bonchev–Trinajstić information content (AvgIpc) is 3.44. The third-order valence-electron chi connectivity index (χ3n) is 7.22. The number of nitrogens with one attached hydrogen (secondary N) is 1. The second-order valence-electron chi connectivity index (χ2n) is 10.0. The summed E-state index contributed by atoms with van der Waals surface area (Å²) in [5.74, 6) is 1.04. The minimum absolute atomic E-state index is 0.0438. The number of hydrogen-bond donors (Lipinski definition) is 2. The van der Waals surface area contributed by atoms with Crippen molar-refractivity contribution in [3.8, 4) is 17.0 Å². The molecule has 8 nitrogen and oxygen atoms in total. The second-order valence-corrected chi connectivity index (χ2v) is 10.0. The highest BCUT2D eigenvalue weighted by Crippen LogP contribution is 2.45. The van der Waals surface area contributed by atoms with Crippen molar-refractivity contribution in [2.24, 2.45) is 5.92 Å². The molecule has 0 bridgehead atoms. The van der Waals surface area contributed by atoms with E-state index in [9.17, 15) is 4.79 Å². The second kappa shape index (κ2) is 10.4. The molecule has 1 saturated heterocycles. The Hall–Kier alpha value is -3.23. The topological polar surface area (TPSA) is 97.0 Å². The van der Waals surface area contributed by atoms with E-state index in [0.29, 0.717) is 31.7 Å². The van der Waals surface area contributed by atoms with E-state index in [0.717, 1.165) is 46.4 Å². The van der Waals surface area contributed by atoms with E-state index < -0.39 is 6.09 Å². The highest BCUT2D eigenvalue weighted by Gasteiger charge is 2.27. The number of carbonyl (C=O) groups is 1. The number of nitrogens with zero attached hydrogens (tertiary/aromatic N) is 1. The molecule has 2 heterocycles. The van der Waals surface area contributed by atoms with Crippen LogP contribution in [0.25, 0.3) is 22.2 Å². The fourth-order valence-corrected chi connectivity index (χ4v) is 4.55. The van der Waals surface area contributed by atoms with E-state index in [1.807, 2.05) is 57.2 Å². The molecule has 1 aromatic heterocycles. The van der Waals surface area contributed by atoms with Crippen molar-refractivity contribution >= 4 is 28.4 Å². The lowest BCUT2D eigenvalue weighted by Crippen LogP contribution is -2.23. The van der Waals surface area contributed by atoms with Gasteiger partial charge < -0.3 is 29.2 Å². The fraction of sp³-hybridized carbons (Fsp3) is 0.464. The molecule has 1 saturated carbocycles. The number of carbonyl (C=O) groups excluding carboxylic acids is 1. The van der Waals surface area contributed by atoms with Gasteiger partial charge in [0.1, 0.15) is 31.4 Å². The van der Waals surface area contributed by atoms with E-state index in [1.54, 1.807) is 0 Å². The molecule has 1 aliphatic heterocycles. The number of hydrogen-bond acceptors (Lipinski definition) is 6. The van der Waals surface area contributed by atoms with Crippen molar-refractivity contribution in [2.75, 3.05) is 31.1 Å². The number of aromatic nitrogens is 1. The highest BCUT2D eigenvalue weighted by atomic mass is 16.7. The van der Waals surface area contributed by atoms with Gasteiger partial charge >= 0.3 is 6.09 Å². The molecule has 2 aromatic carbocycles. The van der Waals surface area contributed by atoms with E-state index in [4.69, 9.17) is 24.7 Å². The molecule has 192 valence electrons. The maximum absolute atomic E-state index is 12.2. The Morgan fingerprint density at radius 2 is 1.94 bits per heavy atom. The molecule has 1 aliphatic carbocycles. The average molecular weight is 494 g/mol. The summed E-state index contributed by atoms with van der Waals surface area (Å²) in [6.45, 7) is 7.26. The summed E-state index contributed by atoms with van der Waals surface area (Å²) >= 11 is 0. The Bertz CT molecular complexity index is 1210. The van der Waals surface area contributed by atoms with Crippen molar-refractivity contribution in [3.05, 3.63) is 42.5 Å². The van der Waals surface area contributed by atoms with Crippen molar-refractivity contribution in [2.45, 2.75) is 58.3 Å². The number of amides is 1. The molecule has 8 heteroatoms. The zero-order valence-electron chi connectivity index (χ0n) is 21.2. The monoisotopic (exact) mass is 493 g/mol. The van der Waals surface area contributed by atoms with Crippen LogP contribution in [0.5, 0.6) is 5.75 Å². The van der Waals surface area contributed by atoms with E-state index in [-0.39, 0.29) is 18.1 Å². The summed E-state index contributed by atoms with van der Waals surface area (Å²) < 4.78 is 24.6. The van der Waals surface area contributed by atoms with Gasteiger partial charge in [-0.05, 0) is 56.4 Å². The zero-order valence-corrected chi connectivity index (χ0v) is 21.2. The number of benzene rings is 2. The highest BCUT2D eigenvalue weighted by molar-refractivity contribution is 6.01. The van der Waals surface area contributed by atoms with Crippen molar-refractivity contribution < 1.29 is 23.7 Å². The Morgan fingerprint density at radius 3 is 2.58 bits per heavy atom. The van der Waals surface area contributed by atoms with Gasteiger partial charge in [0, 0.05) is 28.7 Å². The molecule has 5 rings (SSSR count). The third-order valence-corrected chi connectivity index (χ3v) is 7.22. The van der Waals surface area contributed by atoms with E-state index in [2.05, 4.69) is 16.0 Å². The number of fused-ring (bicyclic) bond motifs is 1. The summed E-state index contributed by atoms with van der Waals surface area (Å²) in [7, 11) is 0. The van der Waals surface area contributed by atoms with Gasteiger partial charge in [0.15, 0.2) is 0 Å². The van der Waals surface area contributed by atoms with Crippen molar-refractivity contribution in [1.29, 1.82) is 0 Å². The van der Waals surface area contributed by atoms with Gasteiger partial charge in [-0.3, -0.25) is 5.32 Å². The molecular formula is C28H35N3O5. The SMILES string of the molecule is CC(C)[C@H](C)OC(=O)Nc1ccc(-c2c(N)c3ccc(OCC4COCO4)cc3n2C2CCC2)cc1. The number of anilines is 2. The first-order chi connectivity index (χ1) is 17.4. The Labute approximate surface area is 211 Å². The first-order valence-electron chi connectivity index (χ1n) is 12.7. The van der Waals surface area contributed by atoms with E-state index in [1.165, 1.54) is 6.42 Å². The Kier molecular flexibility index (Phi) is 7.07. The molecule has 36 heavy (non-hydrogen) atoms. The smallest absolute Gasteiger partial charge is 0.411 e. The lowest BCUT2D eigenvalue weighted by Gasteiger charge is -2.30. The van der Waals surface area contributed by atoms with Crippen LogP contribution in [0.1, 0.15) is 46.1 Å². The van der Waals surface area contributed by atoms with Crippen LogP contribution < -0.4 is 15.8 Å². The summed E-state index contributed by atoms with van der Waals surface area (Å²) in [5, 5.41) is 3.83. The lowest BCUT2D eigenvalue weighted by atomic mass is 9.92. The largest absolute Gasteiger partial charge is 0.491 e. The van der Waals surface area contributed by atoms with Crippen LogP contribution in [-0.4, -0.2) is 42.9 Å². The molecule has 2 fully saturated rings. The fourth-order valence-electron chi connectivity index (χ4n) is 4.55. The minimum Gasteiger partial charge on any atom is -0.491 e. The number of ether oxygens (including phenoxy) is 4. The van der Waals surface area contributed by atoms with Crippen LogP contribution in [0.15, 0.2) is 42.5 Å². The molecule has 2 atom stereocenters. The number of nitrogens with two attached hydrogens (primary N) is 1. The van der Waals surface area contributed by atoms with Crippen LogP contribution in [-0.2, 0) is 14.2 Å². The van der Waals surface area contributed by atoms with Crippen LogP contribution >= 0.6 is 0 Å². The molecule has 1 unspecified atom stereocenters. The van der Waals surface area contributed by atoms with Crippen LogP contribution in [0.4, 0.5) is 16.2 Å². The molecule has 0 radical (unpaired) electrons. The predicted octanol–water partition coefficient (Wildman–Crippen LogP) is 5.96. The Balaban J connectivity index is 1.41. The van der Waals surface area contributed by atoms with Gasteiger partial charge in [-0.2, -0.15) is 0 Å². The molecule has 0 spiro atoms. The summed E-state index contributed by atoms with van der Waals surface area (Å²) in [6, 6.07) is 14.2. The van der Waals surface area contributed by atoms with Gasteiger partial charge in [-0.15, -0.1) is 0 Å². The normalized spacial score (nSPS) is 18.8. The van der Waals surface area contributed by atoms with E-state index >= 15 is 0 Å². The zero-order chi connectivity index (χ0) is 25.2. The standard InChI is InChI=1S/C28H35N3O5/c1-17(2)18(3)36-28(32)30-20-9-7-19(8-10-20)27-26(29)24-12-11-22(34-15-23-14-33-16-35-23)13-25(24)31(27)21-5-4-6-21/h7-13,17-18,21,23H,4-6,14-16,29H2,1-3H3,(H,30,32)/t18-,23?/m0/s1. The molecule has 2 aliphatic rings. The lowest BCUT2D eigenvalue weighted by molar-refractivity contribution is 0.0320. The maximum atomic E-state index is 12.2. The summed E-state index contributed by atoms with van der Waals surface area (Å²) in [5.41, 5.74) is 11.2. The van der Waals surface area contributed by atoms with Crippen LogP contribution in [0.3, 0.4) is 0 Å². The minimum atomic E-state index is -0.450. The number of nitrogen functional groups attached to an aromatic ring is 1. The van der Waals surface area contributed by atoms with Crippen molar-refractivity contribution in [3.63, 3.8) is 0 Å². The van der Waals surface area contributed by atoms with Gasteiger partial charge in [0.05, 0.1) is 23.5 Å². The van der Waals surface area contributed by atoms with Crippen LogP contribution in [0.2, 0.25) is 0 Å². The van der Waals surface area contributed by atoms with Crippen LogP contribution in [0, 0.1) is 5.92 Å². The van der Waals surface area contributed by atoms with Crippen molar-refractivity contribution in [1.82, 2.24) is 4.57 Å². The molecule has 1 amide bonds. The Morgan fingerprint density at radius 1 is 1.17 bits per heavy atom. The molecular weight excluding hydrogens is 458 g/mol. The maximum Gasteiger partial charge on any atom is 0.411 e. The first kappa shape index (κ1) is 24.5. The van der Waals surface area contributed by atoms with Gasteiger partial charge in [-0.1, -0.05) is 26.0 Å². The summed E-state index contributed by atoms with van der Waals surface area (Å²) in [4.78, 5) is 12.2. The molecule has 3 aromatic rings. The predicted molar refractivity (Wildman–Crippen MR) is 140 cm³/mol. The van der Waals surface area contributed by atoms with Gasteiger partial charge in [0.25, 0.3) is 0 Å². The van der Waals surface area contributed by atoms with Gasteiger partial charge in [-0.25, -0.2) is 4.79 Å².